The van der Waals surface area contributed by atoms with Gasteiger partial charge in [0.25, 0.3) is 5.69 Å². The maximum atomic E-state index is 10.7. The van der Waals surface area contributed by atoms with Crippen molar-refractivity contribution in [2.24, 2.45) is 11.8 Å². The number of anilines is 1. The van der Waals surface area contributed by atoms with Crippen molar-refractivity contribution in [1.82, 2.24) is 4.98 Å². The predicted molar refractivity (Wildman–Crippen MR) is 68.2 cm³/mol. The highest BCUT2D eigenvalue weighted by atomic mass is 16.6. The van der Waals surface area contributed by atoms with Crippen LogP contribution in [0.2, 0.25) is 0 Å². The first-order chi connectivity index (χ1) is 8.42. The van der Waals surface area contributed by atoms with E-state index in [-0.39, 0.29) is 23.5 Å². The van der Waals surface area contributed by atoms with E-state index in [0.717, 1.165) is 6.42 Å². The first kappa shape index (κ1) is 14.2. The number of hydrogen-bond donors (Lipinski definition) is 2. The van der Waals surface area contributed by atoms with E-state index in [1.165, 1.54) is 12.1 Å². The Hall–Kier alpha value is -1.89. The van der Waals surface area contributed by atoms with Crippen molar-refractivity contribution in [3.05, 3.63) is 22.2 Å². The number of rotatable bonds is 6. The van der Waals surface area contributed by atoms with Gasteiger partial charge >= 0.3 is 0 Å². The minimum absolute atomic E-state index is 0.0647. The third-order valence-corrected chi connectivity index (χ3v) is 2.27. The number of hydrazine groups is 1. The van der Waals surface area contributed by atoms with Crippen molar-refractivity contribution in [3.63, 3.8) is 0 Å². The van der Waals surface area contributed by atoms with E-state index in [1.807, 2.05) is 6.92 Å². The Labute approximate surface area is 105 Å². The Morgan fingerprint density at radius 2 is 2.17 bits per heavy atom. The fourth-order valence-electron chi connectivity index (χ4n) is 1.65. The van der Waals surface area contributed by atoms with Gasteiger partial charge in [-0.25, -0.2) is 5.84 Å². The molecule has 7 heteroatoms. The van der Waals surface area contributed by atoms with Crippen LogP contribution >= 0.6 is 0 Å². The minimum Gasteiger partial charge on any atom is -0.474 e. The van der Waals surface area contributed by atoms with Gasteiger partial charge in [-0.1, -0.05) is 13.8 Å². The molecule has 0 spiro atoms. The highest BCUT2D eigenvalue weighted by Gasteiger charge is 2.14. The summed E-state index contributed by atoms with van der Waals surface area (Å²) in [7, 11) is 0. The van der Waals surface area contributed by atoms with Gasteiger partial charge in [0.2, 0.25) is 5.88 Å². The Morgan fingerprint density at radius 1 is 1.50 bits per heavy atom. The van der Waals surface area contributed by atoms with Crippen molar-refractivity contribution < 1.29 is 9.66 Å². The molecule has 0 aliphatic rings. The van der Waals surface area contributed by atoms with Gasteiger partial charge in [-0.3, -0.25) is 10.1 Å². The Kier molecular flexibility index (Phi) is 4.85. The molecule has 0 fully saturated rings. The number of aromatic nitrogens is 1. The average Bonchev–Trinajstić information content (AvgIpc) is 2.27. The van der Waals surface area contributed by atoms with Crippen LogP contribution in [0.1, 0.15) is 27.2 Å². The van der Waals surface area contributed by atoms with Gasteiger partial charge in [0.05, 0.1) is 23.2 Å². The molecule has 18 heavy (non-hydrogen) atoms. The molecule has 0 saturated heterocycles. The summed E-state index contributed by atoms with van der Waals surface area (Å²) < 4.78 is 5.55. The number of ether oxygens (including phenoxy) is 1. The highest BCUT2D eigenvalue weighted by Crippen LogP contribution is 2.23. The molecule has 0 saturated carbocycles. The summed E-state index contributed by atoms with van der Waals surface area (Å²) in [5.41, 5.74) is 2.17. The van der Waals surface area contributed by atoms with Crippen LogP contribution in [0.25, 0.3) is 0 Å². The molecule has 1 aromatic heterocycles. The third-order valence-electron chi connectivity index (χ3n) is 2.27. The summed E-state index contributed by atoms with van der Waals surface area (Å²) >= 11 is 0. The lowest BCUT2D eigenvalue weighted by Gasteiger charge is -2.16. The fraction of sp³-hybridized carbons (Fsp3) is 0.545. The van der Waals surface area contributed by atoms with Crippen molar-refractivity contribution >= 4 is 11.5 Å². The van der Waals surface area contributed by atoms with Crippen molar-refractivity contribution in [2.45, 2.75) is 33.3 Å². The Bertz CT molecular complexity index is 423. The maximum Gasteiger partial charge on any atom is 0.278 e. The van der Waals surface area contributed by atoms with Crippen LogP contribution in [-0.4, -0.2) is 16.0 Å². The molecule has 1 unspecified atom stereocenters. The van der Waals surface area contributed by atoms with Crippen LogP contribution in [0.3, 0.4) is 0 Å². The summed E-state index contributed by atoms with van der Waals surface area (Å²) in [5, 5.41) is 10.7. The number of nitrogens with two attached hydrogens (primary N) is 1. The maximum absolute atomic E-state index is 10.7. The summed E-state index contributed by atoms with van der Waals surface area (Å²) in [6.07, 6.45) is 0.778. The molecule has 1 atom stereocenters. The first-order valence-electron chi connectivity index (χ1n) is 5.72. The van der Waals surface area contributed by atoms with Gasteiger partial charge in [0.15, 0.2) is 5.82 Å². The summed E-state index contributed by atoms with van der Waals surface area (Å²) in [5.74, 6) is 6.09. The Balaban J connectivity index is 2.87. The molecule has 0 radical (unpaired) electrons. The number of nitrogen functional groups attached to an aromatic ring is 1. The molecule has 0 aliphatic heterocycles. The predicted octanol–water partition coefficient (Wildman–Crippen LogP) is 2.09. The van der Waals surface area contributed by atoms with E-state index in [1.54, 1.807) is 0 Å². The largest absolute Gasteiger partial charge is 0.474 e. The molecule has 1 aromatic rings. The molecule has 1 heterocycles. The van der Waals surface area contributed by atoms with Gasteiger partial charge < -0.3 is 10.2 Å². The quantitative estimate of drug-likeness (QED) is 0.457. The number of pyridine rings is 1. The average molecular weight is 254 g/mol. The van der Waals surface area contributed by atoms with Gasteiger partial charge in [0, 0.05) is 0 Å². The van der Waals surface area contributed by atoms with Crippen LogP contribution in [0, 0.1) is 16.0 Å². The van der Waals surface area contributed by atoms with Crippen LogP contribution in [0.5, 0.6) is 5.88 Å². The molecule has 7 nitrogen and oxygen atoms in total. The number of nitrogens with one attached hydrogen (secondary N) is 1. The molecule has 3 N–H and O–H groups in total. The van der Waals surface area contributed by atoms with Crippen LogP contribution in [0.4, 0.5) is 11.5 Å². The summed E-state index contributed by atoms with van der Waals surface area (Å²) in [4.78, 5) is 14.2. The lowest BCUT2D eigenvalue weighted by atomic mass is 10.1. The normalized spacial score (nSPS) is 12.3. The molecule has 0 aliphatic carbocycles. The molecule has 1 rings (SSSR count). The zero-order valence-electron chi connectivity index (χ0n) is 10.7. The van der Waals surface area contributed by atoms with E-state index in [4.69, 9.17) is 10.6 Å². The molecule has 100 valence electrons. The second-order valence-electron chi connectivity index (χ2n) is 4.51. The SMILES string of the molecule is CC(C)CC(C)Oc1cc([N+](=O)[O-])cc(NN)n1. The molecule has 0 amide bonds. The van der Waals surface area contributed by atoms with Gasteiger partial charge in [0.1, 0.15) is 0 Å². The number of nitro groups is 1. The molecular weight excluding hydrogens is 236 g/mol. The smallest absolute Gasteiger partial charge is 0.278 e. The zero-order valence-corrected chi connectivity index (χ0v) is 10.7. The van der Waals surface area contributed by atoms with E-state index in [2.05, 4.69) is 24.3 Å². The van der Waals surface area contributed by atoms with E-state index in [0.29, 0.717) is 5.92 Å². The Morgan fingerprint density at radius 3 is 2.67 bits per heavy atom. The van der Waals surface area contributed by atoms with E-state index < -0.39 is 4.92 Å². The van der Waals surface area contributed by atoms with E-state index in [9.17, 15) is 10.1 Å². The highest BCUT2D eigenvalue weighted by molar-refractivity contribution is 5.47. The monoisotopic (exact) mass is 254 g/mol. The number of hydrogen-bond acceptors (Lipinski definition) is 6. The second kappa shape index (κ2) is 6.15. The topological polar surface area (TPSA) is 103 Å². The van der Waals surface area contributed by atoms with Gasteiger partial charge in [-0.2, -0.15) is 4.98 Å². The van der Waals surface area contributed by atoms with Crippen molar-refractivity contribution in [3.8, 4) is 5.88 Å². The van der Waals surface area contributed by atoms with E-state index >= 15 is 0 Å². The summed E-state index contributed by atoms with van der Waals surface area (Å²) in [6, 6.07) is 2.54. The minimum atomic E-state index is -0.511. The molecular formula is C11H18N4O3. The van der Waals surface area contributed by atoms with Crippen molar-refractivity contribution in [2.75, 3.05) is 5.43 Å². The number of nitrogens with zero attached hydrogens (tertiary/aromatic N) is 2. The van der Waals surface area contributed by atoms with Gasteiger partial charge in [-0.05, 0) is 19.3 Å². The molecule has 0 aromatic carbocycles. The molecule has 0 bridgehead atoms. The standard InChI is InChI=1S/C11H18N4O3/c1-7(2)4-8(3)18-11-6-9(15(16)17)5-10(13-11)14-12/h5-8H,4,12H2,1-3H3,(H,13,14). The van der Waals surface area contributed by atoms with Gasteiger partial charge in [-0.15, -0.1) is 0 Å². The van der Waals surface area contributed by atoms with Crippen LogP contribution in [0.15, 0.2) is 12.1 Å². The van der Waals surface area contributed by atoms with Crippen LogP contribution < -0.4 is 16.0 Å². The first-order valence-corrected chi connectivity index (χ1v) is 5.72. The van der Waals surface area contributed by atoms with Crippen LogP contribution in [-0.2, 0) is 0 Å². The lowest BCUT2D eigenvalue weighted by Crippen LogP contribution is -2.16. The summed E-state index contributed by atoms with van der Waals surface area (Å²) in [6.45, 7) is 6.05. The van der Waals surface area contributed by atoms with Crippen molar-refractivity contribution in [1.29, 1.82) is 0 Å². The third kappa shape index (κ3) is 4.17. The fourth-order valence-corrected chi connectivity index (χ4v) is 1.65. The second-order valence-corrected chi connectivity index (χ2v) is 4.51. The zero-order chi connectivity index (χ0) is 13.7. The lowest BCUT2D eigenvalue weighted by molar-refractivity contribution is -0.384.